The van der Waals surface area contributed by atoms with Crippen molar-refractivity contribution in [3.63, 3.8) is 0 Å². The predicted octanol–water partition coefficient (Wildman–Crippen LogP) is 4.25. The van der Waals surface area contributed by atoms with Crippen LogP contribution in [0.5, 0.6) is 0 Å². The summed E-state index contributed by atoms with van der Waals surface area (Å²) in [7, 11) is 0. The second-order valence-corrected chi connectivity index (χ2v) is 10.1. The number of carbonyl (C=O) groups excluding carboxylic acids is 3. The second-order valence-electron chi connectivity index (χ2n) is 10.1. The number of imidazole rings is 1. The number of nitrogens with zero attached hydrogens (tertiary/aromatic N) is 2. The average molecular weight is 518 g/mol. The van der Waals surface area contributed by atoms with E-state index in [1.165, 1.54) is 12.3 Å². The molecule has 1 unspecified atom stereocenters. The molecule has 1 saturated heterocycles. The summed E-state index contributed by atoms with van der Waals surface area (Å²) in [6.45, 7) is 7.02. The summed E-state index contributed by atoms with van der Waals surface area (Å²) in [5, 5.41) is 5.55. The van der Waals surface area contributed by atoms with E-state index in [-0.39, 0.29) is 30.2 Å². The zero-order valence-corrected chi connectivity index (χ0v) is 21.8. The molecule has 1 aromatic carbocycles. The van der Waals surface area contributed by atoms with E-state index >= 15 is 0 Å². The van der Waals surface area contributed by atoms with Gasteiger partial charge in [-0.2, -0.15) is 0 Å². The van der Waals surface area contributed by atoms with E-state index in [1.807, 2.05) is 13.8 Å². The number of likely N-dealkylation sites (tertiary alicyclic amines) is 1. The summed E-state index contributed by atoms with van der Waals surface area (Å²) < 4.78 is 27.4. The van der Waals surface area contributed by atoms with E-state index in [1.54, 1.807) is 11.8 Å². The minimum atomic E-state index is -1.03. The molecule has 3 N–H and O–H groups in total. The molecule has 10 heteroatoms. The van der Waals surface area contributed by atoms with Crippen LogP contribution in [0.2, 0.25) is 0 Å². The van der Waals surface area contributed by atoms with Gasteiger partial charge in [0.25, 0.3) is 0 Å². The summed E-state index contributed by atoms with van der Waals surface area (Å²) in [5.41, 5.74) is 0.487. The van der Waals surface area contributed by atoms with E-state index in [9.17, 15) is 23.2 Å². The quantitative estimate of drug-likeness (QED) is 0.438. The van der Waals surface area contributed by atoms with Crippen LogP contribution in [0, 0.1) is 17.6 Å². The van der Waals surface area contributed by atoms with Crippen LogP contribution in [0.15, 0.2) is 24.4 Å². The number of nitrogens with one attached hydrogen (secondary N) is 3. The van der Waals surface area contributed by atoms with Crippen LogP contribution in [0.1, 0.15) is 77.6 Å². The number of H-pyrrole nitrogens is 1. The van der Waals surface area contributed by atoms with Gasteiger partial charge in [0.15, 0.2) is 0 Å². The third-order valence-electron chi connectivity index (χ3n) is 6.52. The van der Waals surface area contributed by atoms with Gasteiger partial charge in [0.2, 0.25) is 17.7 Å². The summed E-state index contributed by atoms with van der Waals surface area (Å²) in [6, 6.07) is 1.60. The first-order valence-electron chi connectivity index (χ1n) is 13.0. The number of aromatic nitrogens is 2. The van der Waals surface area contributed by atoms with Crippen LogP contribution in [0.4, 0.5) is 8.78 Å². The van der Waals surface area contributed by atoms with Gasteiger partial charge >= 0.3 is 0 Å². The Hall–Kier alpha value is -3.30. The minimum Gasteiger partial charge on any atom is -0.345 e. The lowest BCUT2D eigenvalue weighted by Crippen LogP contribution is -2.50. The molecule has 3 rings (SSSR count). The van der Waals surface area contributed by atoms with Gasteiger partial charge in [0, 0.05) is 31.1 Å². The van der Waals surface area contributed by atoms with Crippen molar-refractivity contribution in [1.29, 1.82) is 0 Å². The molecule has 1 aliphatic rings. The first-order valence-corrected chi connectivity index (χ1v) is 13.0. The normalized spacial score (nSPS) is 15.7. The van der Waals surface area contributed by atoms with E-state index in [2.05, 4.69) is 20.6 Å². The third kappa shape index (κ3) is 8.36. The molecule has 2 heterocycles. The average Bonchev–Trinajstić information content (AvgIpc) is 3.16. The van der Waals surface area contributed by atoms with Crippen LogP contribution in [-0.4, -0.2) is 51.7 Å². The first-order chi connectivity index (χ1) is 17.6. The Labute approximate surface area is 216 Å². The van der Waals surface area contributed by atoms with Crippen molar-refractivity contribution in [3.8, 4) is 11.3 Å². The summed E-state index contributed by atoms with van der Waals surface area (Å²) in [6.07, 6.45) is 6.21. The van der Waals surface area contributed by atoms with Gasteiger partial charge in [-0.1, -0.05) is 26.7 Å². The topological polar surface area (TPSA) is 107 Å². The standard InChI is InChI=1S/C27H37F2N5O3/c1-17(2)8-11-24(35)32-22(15-25(36)34-12-6-4-5-7-13-34)27(37)31-18(3)26-30-16-23(33-26)20-10-9-19(28)14-21(20)29/h9-10,14,16-18,22H,4-8,11-13,15H2,1-3H3,(H,30,33)(H,31,37)(H,32,35)/t18-,22?/m0/s1. The van der Waals surface area contributed by atoms with Gasteiger partial charge in [-0.15, -0.1) is 0 Å². The maximum absolute atomic E-state index is 14.2. The Morgan fingerprint density at radius 3 is 2.41 bits per heavy atom. The maximum atomic E-state index is 14.2. The molecular formula is C27H37F2N5O3. The predicted molar refractivity (Wildman–Crippen MR) is 136 cm³/mol. The molecule has 37 heavy (non-hydrogen) atoms. The zero-order chi connectivity index (χ0) is 26.9. The van der Waals surface area contributed by atoms with Crippen molar-refractivity contribution in [2.45, 2.75) is 77.8 Å². The molecule has 8 nitrogen and oxygen atoms in total. The molecule has 2 atom stereocenters. The molecular weight excluding hydrogens is 480 g/mol. The molecule has 0 saturated carbocycles. The number of carbonyl (C=O) groups is 3. The highest BCUT2D eigenvalue weighted by Gasteiger charge is 2.28. The number of hydrogen-bond donors (Lipinski definition) is 3. The summed E-state index contributed by atoms with van der Waals surface area (Å²) in [4.78, 5) is 47.7. The van der Waals surface area contributed by atoms with Gasteiger partial charge in [0.1, 0.15) is 23.5 Å². The van der Waals surface area contributed by atoms with E-state index in [0.29, 0.717) is 36.9 Å². The number of amides is 3. The van der Waals surface area contributed by atoms with Gasteiger partial charge in [0.05, 0.1) is 24.4 Å². The Balaban J connectivity index is 1.69. The number of benzene rings is 1. The molecule has 3 amide bonds. The Morgan fingerprint density at radius 2 is 1.76 bits per heavy atom. The molecule has 0 aliphatic carbocycles. The fourth-order valence-electron chi connectivity index (χ4n) is 4.30. The SMILES string of the molecule is CC(C)CCC(=O)NC(CC(=O)N1CCCCCC1)C(=O)N[C@@H](C)c1ncc(-c2ccc(F)cc2F)[nH]1. The highest BCUT2D eigenvalue weighted by Crippen LogP contribution is 2.23. The number of halogens is 2. The number of rotatable bonds is 10. The van der Waals surface area contributed by atoms with Gasteiger partial charge in [-0.25, -0.2) is 13.8 Å². The Morgan fingerprint density at radius 1 is 1.05 bits per heavy atom. The fraction of sp³-hybridized carbons (Fsp3) is 0.556. The van der Waals surface area contributed by atoms with Crippen LogP contribution in [-0.2, 0) is 14.4 Å². The summed E-state index contributed by atoms with van der Waals surface area (Å²) >= 11 is 0. The smallest absolute Gasteiger partial charge is 0.243 e. The third-order valence-corrected chi connectivity index (χ3v) is 6.52. The van der Waals surface area contributed by atoms with Gasteiger partial charge in [-0.05, 0) is 44.2 Å². The molecule has 0 spiro atoms. The van der Waals surface area contributed by atoms with E-state index < -0.39 is 29.6 Å². The lowest BCUT2D eigenvalue weighted by Gasteiger charge is -2.25. The highest BCUT2D eigenvalue weighted by atomic mass is 19.1. The van der Waals surface area contributed by atoms with Crippen molar-refractivity contribution in [1.82, 2.24) is 25.5 Å². The van der Waals surface area contributed by atoms with Crippen LogP contribution in [0.25, 0.3) is 11.3 Å². The van der Waals surface area contributed by atoms with Crippen molar-refractivity contribution in [2.24, 2.45) is 5.92 Å². The molecule has 202 valence electrons. The van der Waals surface area contributed by atoms with Crippen molar-refractivity contribution < 1.29 is 23.2 Å². The lowest BCUT2D eigenvalue weighted by molar-refractivity contribution is -0.136. The van der Waals surface area contributed by atoms with Gasteiger partial charge < -0.3 is 20.5 Å². The molecule has 1 aromatic heterocycles. The minimum absolute atomic E-state index is 0.129. The molecule has 0 radical (unpaired) electrons. The van der Waals surface area contributed by atoms with Crippen LogP contribution < -0.4 is 10.6 Å². The van der Waals surface area contributed by atoms with E-state index in [4.69, 9.17) is 0 Å². The number of hydrogen-bond acceptors (Lipinski definition) is 4. The second kappa shape index (κ2) is 13.3. The zero-order valence-electron chi connectivity index (χ0n) is 21.8. The van der Waals surface area contributed by atoms with Crippen molar-refractivity contribution in [3.05, 3.63) is 41.9 Å². The maximum Gasteiger partial charge on any atom is 0.243 e. The monoisotopic (exact) mass is 517 g/mol. The van der Waals surface area contributed by atoms with Crippen LogP contribution >= 0.6 is 0 Å². The molecule has 1 fully saturated rings. The van der Waals surface area contributed by atoms with Crippen molar-refractivity contribution in [2.75, 3.05) is 13.1 Å². The van der Waals surface area contributed by atoms with E-state index in [0.717, 1.165) is 37.8 Å². The number of aromatic amines is 1. The first kappa shape index (κ1) is 28.3. The lowest BCUT2D eigenvalue weighted by atomic mass is 10.1. The van der Waals surface area contributed by atoms with Crippen LogP contribution in [0.3, 0.4) is 0 Å². The van der Waals surface area contributed by atoms with Gasteiger partial charge in [-0.3, -0.25) is 14.4 Å². The fourth-order valence-corrected chi connectivity index (χ4v) is 4.30. The highest BCUT2D eigenvalue weighted by molar-refractivity contribution is 5.92. The Kier molecular flexibility index (Phi) is 10.2. The summed E-state index contributed by atoms with van der Waals surface area (Å²) in [5.74, 6) is -1.67. The molecule has 1 aliphatic heterocycles. The largest absolute Gasteiger partial charge is 0.345 e. The van der Waals surface area contributed by atoms with Crippen molar-refractivity contribution >= 4 is 17.7 Å². The molecule has 2 aromatic rings. The molecule has 0 bridgehead atoms. The Bertz CT molecular complexity index is 1080.